The first-order chi connectivity index (χ1) is 16.2. The first-order valence-corrected chi connectivity index (χ1v) is 10.4. The van der Waals surface area contributed by atoms with Gasteiger partial charge in [-0.3, -0.25) is 14.3 Å². The second kappa shape index (κ2) is 8.84. The molecule has 0 saturated carbocycles. The lowest BCUT2D eigenvalue weighted by Crippen LogP contribution is -2.25. The van der Waals surface area contributed by atoms with Gasteiger partial charge in [0, 0.05) is 36.6 Å². The average Bonchev–Trinajstić information content (AvgIpc) is 2.84. The first-order valence-electron chi connectivity index (χ1n) is 10.4. The monoisotopic (exact) mass is 433 g/mol. The van der Waals surface area contributed by atoms with Gasteiger partial charge in [-0.1, -0.05) is 24.3 Å². The van der Waals surface area contributed by atoms with Crippen LogP contribution in [0.1, 0.15) is 22.4 Å². The van der Waals surface area contributed by atoms with E-state index in [4.69, 9.17) is 0 Å². The predicted molar refractivity (Wildman–Crippen MR) is 127 cm³/mol. The van der Waals surface area contributed by atoms with E-state index < -0.39 is 0 Å². The maximum Gasteiger partial charge on any atom is 0.278 e. The normalized spacial score (nSPS) is 11.3. The van der Waals surface area contributed by atoms with Crippen LogP contribution in [0.3, 0.4) is 0 Å². The Labute approximate surface area is 189 Å². The van der Waals surface area contributed by atoms with E-state index in [1.54, 1.807) is 35.3 Å². The van der Waals surface area contributed by atoms with Gasteiger partial charge < -0.3 is 5.21 Å². The molecule has 0 aliphatic carbocycles. The summed E-state index contributed by atoms with van der Waals surface area (Å²) >= 11 is 0. The zero-order valence-electron chi connectivity index (χ0n) is 17.6. The average molecular weight is 433 g/mol. The van der Waals surface area contributed by atoms with Crippen LogP contribution < -0.4 is 10.3 Å². The third-order valence-corrected chi connectivity index (χ3v) is 5.17. The van der Waals surface area contributed by atoms with Gasteiger partial charge in [-0.2, -0.15) is 4.73 Å². The highest BCUT2D eigenvalue weighted by Crippen LogP contribution is 2.17. The van der Waals surface area contributed by atoms with Gasteiger partial charge in [-0.15, -0.1) is 0 Å². The summed E-state index contributed by atoms with van der Waals surface area (Å²) in [5, 5.41) is 11.5. The lowest BCUT2D eigenvalue weighted by molar-refractivity contribution is -0.605. The van der Waals surface area contributed by atoms with E-state index in [1.165, 1.54) is 12.4 Å². The minimum atomic E-state index is -0.221. The molecule has 7 nitrogen and oxygen atoms in total. The molecule has 0 amide bonds. The molecule has 0 saturated heterocycles. The second-order valence-electron chi connectivity index (χ2n) is 7.51. The second-order valence-corrected chi connectivity index (χ2v) is 7.51. The molecular formula is C26H19N5O2. The molecule has 0 fully saturated rings. The molecule has 0 spiro atoms. The van der Waals surface area contributed by atoms with E-state index in [0.29, 0.717) is 29.0 Å². The van der Waals surface area contributed by atoms with Crippen LogP contribution in [0, 0.1) is 5.21 Å². The number of hydrogen-bond donors (Lipinski definition) is 0. The van der Waals surface area contributed by atoms with Gasteiger partial charge in [0.15, 0.2) is 18.0 Å². The highest BCUT2D eigenvalue weighted by molar-refractivity contribution is 5.74. The third-order valence-electron chi connectivity index (χ3n) is 5.17. The Morgan fingerprint density at radius 1 is 0.970 bits per heavy atom. The summed E-state index contributed by atoms with van der Waals surface area (Å²) in [4.78, 5) is 26.7. The van der Waals surface area contributed by atoms with Crippen molar-refractivity contribution in [3.63, 3.8) is 0 Å². The van der Waals surface area contributed by atoms with Crippen molar-refractivity contribution >= 4 is 23.3 Å². The summed E-state index contributed by atoms with van der Waals surface area (Å²) in [6.07, 6.45) is 12.2. The Balaban J connectivity index is 1.60. The van der Waals surface area contributed by atoms with Crippen molar-refractivity contribution in [2.45, 2.75) is 6.42 Å². The predicted octanol–water partition coefficient (Wildman–Crippen LogP) is 3.57. The Bertz CT molecular complexity index is 1530. The molecule has 0 unspecified atom stereocenters. The van der Waals surface area contributed by atoms with Crippen LogP contribution in [0.4, 0.5) is 0 Å². The minimum Gasteiger partial charge on any atom is -0.619 e. The lowest BCUT2D eigenvalue weighted by Gasteiger charge is -2.12. The van der Waals surface area contributed by atoms with Crippen LogP contribution in [0.2, 0.25) is 0 Å². The van der Waals surface area contributed by atoms with Gasteiger partial charge in [-0.25, -0.2) is 9.97 Å². The van der Waals surface area contributed by atoms with Crippen molar-refractivity contribution in [1.82, 2.24) is 19.5 Å². The van der Waals surface area contributed by atoms with Crippen molar-refractivity contribution in [2.24, 2.45) is 0 Å². The van der Waals surface area contributed by atoms with Gasteiger partial charge in [0.1, 0.15) is 11.2 Å². The molecule has 0 radical (unpaired) electrons. The molecule has 0 aliphatic heterocycles. The van der Waals surface area contributed by atoms with E-state index in [-0.39, 0.29) is 5.56 Å². The van der Waals surface area contributed by atoms with Crippen LogP contribution in [-0.2, 0) is 6.42 Å². The molecule has 160 valence electrons. The molecule has 4 aromatic heterocycles. The molecule has 7 heteroatoms. The SMILES string of the molecule is O=c1c(Cc2cccnc2)nc2cccnc2n1-c1cccc(/C=C/c2ccc[n+]([O-])c2)c1. The topological polar surface area (TPSA) is 87.6 Å². The zero-order chi connectivity index (χ0) is 22.6. The molecular weight excluding hydrogens is 414 g/mol. The molecule has 5 aromatic rings. The maximum atomic E-state index is 13.5. The van der Waals surface area contributed by atoms with Crippen molar-refractivity contribution in [2.75, 3.05) is 0 Å². The molecule has 1 aromatic carbocycles. The number of rotatable bonds is 5. The summed E-state index contributed by atoms with van der Waals surface area (Å²) in [5.74, 6) is 0. The summed E-state index contributed by atoms with van der Waals surface area (Å²) in [7, 11) is 0. The standard InChI is InChI=1S/C26H19N5O2/c32-26-24(16-21-6-2-12-27-17-21)29-23-9-3-13-28-25(23)31(26)22-8-1-5-19(15-22)10-11-20-7-4-14-30(33)18-20/h1-15,17-18H,16H2/b11-10+. The van der Waals surface area contributed by atoms with E-state index in [1.807, 2.05) is 60.7 Å². The fourth-order valence-electron chi connectivity index (χ4n) is 3.65. The molecule has 33 heavy (non-hydrogen) atoms. The molecule has 0 bridgehead atoms. The fraction of sp³-hybridized carbons (Fsp3) is 0.0385. The Hall–Kier alpha value is -4.65. The van der Waals surface area contributed by atoms with Crippen molar-refractivity contribution in [3.8, 4) is 5.69 Å². The largest absolute Gasteiger partial charge is 0.619 e. The minimum absolute atomic E-state index is 0.221. The number of aromatic nitrogens is 5. The van der Waals surface area contributed by atoms with Crippen molar-refractivity contribution in [1.29, 1.82) is 0 Å². The molecule has 0 atom stereocenters. The van der Waals surface area contributed by atoms with Crippen LogP contribution >= 0.6 is 0 Å². The van der Waals surface area contributed by atoms with E-state index in [2.05, 4.69) is 15.0 Å². The number of hydrogen-bond acceptors (Lipinski definition) is 5. The van der Waals surface area contributed by atoms with Crippen LogP contribution in [0.5, 0.6) is 0 Å². The van der Waals surface area contributed by atoms with Gasteiger partial charge in [0.2, 0.25) is 0 Å². The fourth-order valence-corrected chi connectivity index (χ4v) is 3.65. The Morgan fingerprint density at radius 3 is 2.67 bits per heavy atom. The van der Waals surface area contributed by atoms with Crippen LogP contribution in [-0.4, -0.2) is 19.5 Å². The van der Waals surface area contributed by atoms with Gasteiger partial charge >= 0.3 is 0 Å². The quantitative estimate of drug-likeness (QED) is 0.312. The van der Waals surface area contributed by atoms with Gasteiger partial charge in [0.25, 0.3) is 5.56 Å². The highest BCUT2D eigenvalue weighted by Gasteiger charge is 2.14. The van der Waals surface area contributed by atoms with E-state index in [9.17, 15) is 10.0 Å². The Morgan fingerprint density at radius 2 is 1.82 bits per heavy atom. The maximum absolute atomic E-state index is 13.5. The number of pyridine rings is 3. The molecule has 0 aliphatic rings. The number of fused-ring (bicyclic) bond motifs is 1. The smallest absolute Gasteiger partial charge is 0.278 e. The third kappa shape index (κ3) is 4.38. The number of nitrogens with zero attached hydrogens (tertiary/aromatic N) is 5. The molecule has 0 N–H and O–H groups in total. The van der Waals surface area contributed by atoms with Gasteiger partial charge in [-0.05, 0) is 53.6 Å². The van der Waals surface area contributed by atoms with Crippen molar-refractivity contribution < 1.29 is 4.73 Å². The highest BCUT2D eigenvalue weighted by atomic mass is 16.5. The summed E-state index contributed by atoms with van der Waals surface area (Å²) in [5.41, 5.74) is 4.60. The van der Waals surface area contributed by atoms with Crippen LogP contribution in [0.25, 0.3) is 29.0 Å². The van der Waals surface area contributed by atoms with Gasteiger partial charge in [0.05, 0.1) is 5.69 Å². The zero-order valence-corrected chi connectivity index (χ0v) is 17.6. The number of benzene rings is 1. The van der Waals surface area contributed by atoms with E-state index >= 15 is 0 Å². The lowest BCUT2D eigenvalue weighted by atomic mass is 10.1. The first kappa shape index (κ1) is 20.3. The van der Waals surface area contributed by atoms with Crippen LogP contribution in [0.15, 0.2) is 96.4 Å². The van der Waals surface area contributed by atoms with E-state index in [0.717, 1.165) is 21.4 Å². The Kier molecular flexibility index (Phi) is 5.43. The van der Waals surface area contributed by atoms with Crippen molar-refractivity contribution in [3.05, 3.63) is 130 Å². The summed E-state index contributed by atoms with van der Waals surface area (Å²) in [6.45, 7) is 0. The summed E-state index contributed by atoms with van der Waals surface area (Å²) in [6, 6.07) is 18.6. The molecule has 5 rings (SSSR count). The summed E-state index contributed by atoms with van der Waals surface area (Å²) < 4.78 is 2.35. The molecule has 4 heterocycles.